The third kappa shape index (κ3) is 6.24. The molecule has 1 aliphatic rings. The third-order valence-electron chi connectivity index (χ3n) is 5.69. The van der Waals surface area contributed by atoms with Crippen LogP contribution in [0, 0.1) is 5.82 Å². The van der Waals surface area contributed by atoms with Gasteiger partial charge >= 0.3 is 6.09 Å². The number of benzene rings is 2. The van der Waals surface area contributed by atoms with Gasteiger partial charge in [-0.15, -0.1) is 0 Å². The number of piperidine rings is 1. The number of methoxy groups -OCH3 is 1. The molecule has 0 radical (unpaired) electrons. The van der Waals surface area contributed by atoms with Crippen LogP contribution in [0.25, 0.3) is 10.9 Å². The molecule has 3 aromatic rings. The molecule has 0 unspecified atom stereocenters. The van der Waals surface area contributed by atoms with Crippen LogP contribution in [0.15, 0.2) is 36.7 Å². The summed E-state index contributed by atoms with van der Waals surface area (Å²) in [5, 5.41) is 3.87. The van der Waals surface area contributed by atoms with Crippen LogP contribution in [-0.2, 0) is 9.47 Å². The molecule has 0 spiro atoms. The van der Waals surface area contributed by atoms with Crippen molar-refractivity contribution in [3.63, 3.8) is 0 Å². The Morgan fingerprint density at radius 3 is 2.69 bits per heavy atom. The topological polar surface area (TPSA) is 95.0 Å². The second-order valence-electron chi connectivity index (χ2n) is 8.14. The molecule has 4 rings (SSSR count). The van der Waals surface area contributed by atoms with Crippen LogP contribution in [0.1, 0.15) is 19.8 Å². The van der Waals surface area contributed by atoms with E-state index in [1.165, 1.54) is 18.5 Å². The van der Waals surface area contributed by atoms with E-state index in [1.54, 1.807) is 31.1 Å². The Kier molecular flexibility index (Phi) is 8.61. The standard InChI is InChI=1S/C25H28ClFN4O5/c1-3-34-25(32)31-8-6-17(7-9-31)36-23-13-18-21(14-22(23)35-11-10-33-2)28-15-29-24(18)30-16-4-5-20(27)19(26)12-16/h4-5,12-15,17H,3,6-11H2,1-2H3,(H,28,29,30). The van der Waals surface area contributed by atoms with Crippen LogP contribution in [0.5, 0.6) is 11.5 Å². The molecule has 1 aliphatic heterocycles. The smallest absolute Gasteiger partial charge is 0.409 e. The number of amides is 1. The van der Waals surface area contributed by atoms with Gasteiger partial charge in [0.15, 0.2) is 11.5 Å². The van der Waals surface area contributed by atoms with E-state index < -0.39 is 5.82 Å². The Morgan fingerprint density at radius 1 is 1.17 bits per heavy atom. The molecule has 1 amide bonds. The van der Waals surface area contributed by atoms with Crippen LogP contribution in [0.2, 0.25) is 5.02 Å². The molecule has 0 saturated carbocycles. The predicted octanol–water partition coefficient (Wildman–Crippen LogP) is 5.19. The molecule has 9 nitrogen and oxygen atoms in total. The summed E-state index contributed by atoms with van der Waals surface area (Å²) < 4.78 is 36.1. The van der Waals surface area contributed by atoms with E-state index in [-0.39, 0.29) is 17.2 Å². The highest BCUT2D eigenvalue weighted by Gasteiger charge is 2.26. The highest BCUT2D eigenvalue weighted by molar-refractivity contribution is 6.31. The highest BCUT2D eigenvalue weighted by atomic mass is 35.5. The second-order valence-corrected chi connectivity index (χ2v) is 8.54. The predicted molar refractivity (Wildman–Crippen MR) is 134 cm³/mol. The lowest BCUT2D eigenvalue weighted by Gasteiger charge is -2.31. The summed E-state index contributed by atoms with van der Waals surface area (Å²) in [5.74, 6) is 1.07. The number of fused-ring (bicyclic) bond motifs is 1. The third-order valence-corrected chi connectivity index (χ3v) is 5.98. The first-order valence-electron chi connectivity index (χ1n) is 11.7. The first-order chi connectivity index (χ1) is 17.5. The van der Waals surface area contributed by atoms with Gasteiger partial charge in [0.2, 0.25) is 0 Å². The Bertz CT molecular complexity index is 1210. The quantitative estimate of drug-likeness (QED) is 0.387. The van der Waals surface area contributed by atoms with E-state index in [9.17, 15) is 9.18 Å². The molecular weight excluding hydrogens is 491 g/mol. The summed E-state index contributed by atoms with van der Waals surface area (Å²) in [6.45, 7) is 3.96. The number of ether oxygens (including phenoxy) is 4. The van der Waals surface area contributed by atoms with Crippen molar-refractivity contribution >= 4 is 40.1 Å². The van der Waals surface area contributed by atoms with Gasteiger partial charge in [-0.3, -0.25) is 0 Å². The van der Waals surface area contributed by atoms with Crippen molar-refractivity contribution in [3.05, 3.63) is 47.5 Å². The van der Waals surface area contributed by atoms with Gasteiger partial charge in [0.05, 0.1) is 23.8 Å². The lowest BCUT2D eigenvalue weighted by Crippen LogP contribution is -2.42. The highest BCUT2D eigenvalue weighted by Crippen LogP contribution is 2.37. The summed E-state index contributed by atoms with van der Waals surface area (Å²) in [4.78, 5) is 22.4. The zero-order valence-electron chi connectivity index (χ0n) is 20.1. The summed E-state index contributed by atoms with van der Waals surface area (Å²) in [5.41, 5.74) is 1.22. The molecule has 1 N–H and O–H groups in total. The average molecular weight is 519 g/mol. The van der Waals surface area contributed by atoms with Crippen molar-refractivity contribution in [2.75, 3.05) is 45.3 Å². The van der Waals surface area contributed by atoms with Crippen molar-refractivity contribution in [1.29, 1.82) is 0 Å². The number of nitrogens with one attached hydrogen (secondary N) is 1. The first kappa shape index (κ1) is 25.7. The van der Waals surface area contributed by atoms with E-state index in [4.69, 9.17) is 30.5 Å². The zero-order chi connectivity index (χ0) is 25.5. The largest absolute Gasteiger partial charge is 0.487 e. The Morgan fingerprint density at radius 2 is 1.97 bits per heavy atom. The van der Waals surface area contributed by atoms with Crippen molar-refractivity contribution in [3.8, 4) is 11.5 Å². The molecule has 1 aromatic heterocycles. The summed E-state index contributed by atoms with van der Waals surface area (Å²) >= 11 is 5.93. The fourth-order valence-electron chi connectivity index (χ4n) is 3.86. The zero-order valence-corrected chi connectivity index (χ0v) is 20.9. The van der Waals surface area contributed by atoms with Crippen LogP contribution < -0.4 is 14.8 Å². The van der Waals surface area contributed by atoms with E-state index in [2.05, 4.69) is 15.3 Å². The Hall–Kier alpha value is -3.37. The van der Waals surface area contributed by atoms with Crippen LogP contribution >= 0.6 is 11.6 Å². The summed E-state index contributed by atoms with van der Waals surface area (Å²) in [6.07, 6.45) is 2.31. The van der Waals surface area contributed by atoms with Crippen LogP contribution in [-0.4, -0.2) is 67.1 Å². The van der Waals surface area contributed by atoms with Gasteiger partial charge < -0.3 is 29.2 Å². The number of nitrogens with zero attached hydrogens (tertiary/aromatic N) is 3. The van der Waals surface area contributed by atoms with Crippen LogP contribution in [0.3, 0.4) is 0 Å². The minimum Gasteiger partial charge on any atom is -0.487 e. The maximum Gasteiger partial charge on any atom is 0.409 e. The minimum atomic E-state index is -0.502. The fraction of sp³-hybridized carbons (Fsp3) is 0.400. The van der Waals surface area contributed by atoms with Crippen molar-refractivity contribution < 1.29 is 28.1 Å². The molecular formula is C25H28ClFN4O5. The van der Waals surface area contributed by atoms with E-state index >= 15 is 0 Å². The monoisotopic (exact) mass is 518 g/mol. The Balaban J connectivity index is 1.59. The van der Waals surface area contributed by atoms with Gasteiger partial charge in [-0.05, 0) is 31.2 Å². The van der Waals surface area contributed by atoms with E-state index in [0.29, 0.717) is 79.7 Å². The maximum atomic E-state index is 13.6. The molecule has 2 heterocycles. The van der Waals surface area contributed by atoms with Crippen molar-refractivity contribution in [1.82, 2.24) is 14.9 Å². The average Bonchev–Trinajstić information content (AvgIpc) is 2.87. The lowest BCUT2D eigenvalue weighted by atomic mass is 10.1. The first-order valence-corrected chi connectivity index (χ1v) is 12.1. The fourth-order valence-corrected chi connectivity index (χ4v) is 4.05. The number of aromatic nitrogens is 2. The number of hydrogen-bond acceptors (Lipinski definition) is 8. The van der Waals surface area contributed by atoms with E-state index in [0.717, 1.165) is 0 Å². The Labute approximate surface area is 213 Å². The normalized spacial score (nSPS) is 14.1. The lowest BCUT2D eigenvalue weighted by molar-refractivity contribution is 0.0685. The van der Waals surface area contributed by atoms with Crippen molar-refractivity contribution in [2.24, 2.45) is 0 Å². The molecule has 0 aliphatic carbocycles. The van der Waals surface area contributed by atoms with E-state index in [1.807, 2.05) is 6.07 Å². The number of carbonyl (C=O) groups excluding carboxylic acids is 1. The van der Waals surface area contributed by atoms with Gasteiger partial charge in [0.1, 0.15) is 30.7 Å². The molecule has 1 fully saturated rings. The number of halogens is 2. The van der Waals surface area contributed by atoms with Crippen molar-refractivity contribution in [2.45, 2.75) is 25.9 Å². The van der Waals surface area contributed by atoms with Crippen LogP contribution in [0.4, 0.5) is 20.7 Å². The minimum absolute atomic E-state index is 0.00498. The number of likely N-dealkylation sites (tertiary alicyclic amines) is 1. The number of anilines is 2. The van der Waals surface area contributed by atoms with Gasteiger partial charge in [-0.1, -0.05) is 11.6 Å². The summed E-state index contributed by atoms with van der Waals surface area (Å²) in [7, 11) is 1.60. The molecule has 2 aromatic carbocycles. The summed E-state index contributed by atoms with van der Waals surface area (Å²) in [6, 6.07) is 7.96. The SMILES string of the molecule is CCOC(=O)N1CCC(Oc2cc3c(Nc4ccc(F)c(Cl)c4)ncnc3cc2OCCOC)CC1. The molecule has 0 atom stereocenters. The molecule has 0 bridgehead atoms. The van der Waals surface area contributed by atoms with Gasteiger partial charge in [0.25, 0.3) is 0 Å². The number of hydrogen-bond donors (Lipinski definition) is 1. The number of rotatable bonds is 9. The van der Waals surface area contributed by atoms with Gasteiger partial charge in [-0.2, -0.15) is 0 Å². The molecule has 36 heavy (non-hydrogen) atoms. The molecule has 1 saturated heterocycles. The van der Waals surface area contributed by atoms with Gasteiger partial charge in [0, 0.05) is 50.2 Å². The number of carbonyl (C=O) groups is 1. The molecule has 11 heteroatoms. The molecule has 192 valence electrons. The second kappa shape index (κ2) is 12.0. The maximum absolute atomic E-state index is 13.6. The van der Waals surface area contributed by atoms with Gasteiger partial charge in [-0.25, -0.2) is 19.2 Å².